The molecule has 0 fully saturated rings. The number of nitrogens with one attached hydrogen (secondary N) is 1. The SMILES string of the molecule is CCCc1cc(NCCOCCOC)ncn1. The van der Waals surface area contributed by atoms with Crippen LogP contribution in [0.25, 0.3) is 0 Å². The summed E-state index contributed by atoms with van der Waals surface area (Å²) < 4.78 is 10.2. The molecule has 17 heavy (non-hydrogen) atoms. The number of rotatable bonds is 9. The second kappa shape index (κ2) is 8.90. The fourth-order valence-electron chi connectivity index (χ4n) is 1.38. The first-order valence-electron chi connectivity index (χ1n) is 5.98. The van der Waals surface area contributed by atoms with E-state index in [4.69, 9.17) is 9.47 Å². The van der Waals surface area contributed by atoms with Crippen molar-refractivity contribution in [3.8, 4) is 0 Å². The van der Waals surface area contributed by atoms with Gasteiger partial charge in [-0.25, -0.2) is 9.97 Å². The van der Waals surface area contributed by atoms with E-state index < -0.39 is 0 Å². The van der Waals surface area contributed by atoms with Crippen LogP contribution in [0.3, 0.4) is 0 Å². The maximum absolute atomic E-state index is 5.34. The highest BCUT2D eigenvalue weighted by Gasteiger charge is 1.97. The summed E-state index contributed by atoms with van der Waals surface area (Å²) in [5, 5.41) is 3.20. The van der Waals surface area contributed by atoms with E-state index in [1.54, 1.807) is 13.4 Å². The number of nitrogens with zero attached hydrogens (tertiary/aromatic N) is 2. The van der Waals surface area contributed by atoms with E-state index in [0.29, 0.717) is 19.8 Å². The fraction of sp³-hybridized carbons (Fsp3) is 0.667. The lowest BCUT2D eigenvalue weighted by atomic mass is 10.2. The first kappa shape index (κ1) is 13.9. The molecule has 5 heteroatoms. The van der Waals surface area contributed by atoms with E-state index in [1.165, 1.54) is 0 Å². The second-order valence-electron chi connectivity index (χ2n) is 3.68. The molecular formula is C12H21N3O2. The molecule has 0 aliphatic heterocycles. The van der Waals surface area contributed by atoms with Gasteiger partial charge in [-0.2, -0.15) is 0 Å². The molecule has 1 N–H and O–H groups in total. The van der Waals surface area contributed by atoms with Crippen molar-refractivity contribution < 1.29 is 9.47 Å². The van der Waals surface area contributed by atoms with Crippen molar-refractivity contribution in [2.24, 2.45) is 0 Å². The average molecular weight is 239 g/mol. The third kappa shape index (κ3) is 6.19. The number of anilines is 1. The summed E-state index contributed by atoms with van der Waals surface area (Å²) in [6.07, 6.45) is 3.68. The molecule has 5 nitrogen and oxygen atoms in total. The highest BCUT2D eigenvalue weighted by atomic mass is 16.5. The van der Waals surface area contributed by atoms with Crippen LogP contribution in [0, 0.1) is 0 Å². The number of ether oxygens (including phenoxy) is 2. The summed E-state index contributed by atoms with van der Waals surface area (Å²) in [5.74, 6) is 0.860. The number of aryl methyl sites for hydroxylation is 1. The fourth-order valence-corrected chi connectivity index (χ4v) is 1.38. The lowest BCUT2D eigenvalue weighted by Crippen LogP contribution is -2.13. The molecule has 96 valence electrons. The van der Waals surface area contributed by atoms with Crippen molar-refractivity contribution in [2.75, 3.05) is 38.8 Å². The highest BCUT2D eigenvalue weighted by molar-refractivity contribution is 5.34. The molecule has 1 aromatic heterocycles. The Labute approximate surface area is 103 Å². The zero-order valence-electron chi connectivity index (χ0n) is 10.6. The molecule has 0 aliphatic rings. The number of methoxy groups -OCH3 is 1. The van der Waals surface area contributed by atoms with Gasteiger partial charge in [-0.1, -0.05) is 13.3 Å². The Hall–Kier alpha value is -1.20. The van der Waals surface area contributed by atoms with Crippen LogP contribution in [-0.4, -0.2) is 43.4 Å². The van der Waals surface area contributed by atoms with E-state index in [9.17, 15) is 0 Å². The molecule has 0 unspecified atom stereocenters. The minimum Gasteiger partial charge on any atom is -0.382 e. The Morgan fingerprint density at radius 2 is 2.12 bits per heavy atom. The highest BCUT2D eigenvalue weighted by Crippen LogP contribution is 2.05. The predicted octanol–water partition coefficient (Wildman–Crippen LogP) is 1.50. The minimum absolute atomic E-state index is 0.628. The van der Waals surface area contributed by atoms with Crippen LogP contribution in [0.2, 0.25) is 0 Å². The van der Waals surface area contributed by atoms with Crippen LogP contribution in [0.5, 0.6) is 0 Å². The van der Waals surface area contributed by atoms with Crippen LogP contribution in [0.15, 0.2) is 12.4 Å². The van der Waals surface area contributed by atoms with E-state index in [0.717, 1.165) is 30.9 Å². The van der Waals surface area contributed by atoms with Crippen LogP contribution in [0.1, 0.15) is 19.0 Å². The number of aromatic nitrogens is 2. The van der Waals surface area contributed by atoms with E-state index in [-0.39, 0.29) is 0 Å². The van der Waals surface area contributed by atoms with Crippen molar-refractivity contribution in [2.45, 2.75) is 19.8 Å². The molecule has 0 saturated carbocycles. The van der Waals surface area contributed by atoms with Crippen molar-refractivity contribution in [1.82, 2.24) is 9.97 Å². The van der Waals surface area contributed by atoms with Crippen LogP contribution in [-0.2, 0) is 15.9 Å². The first-order valence-corrected chi connectivity index (χ1v) is 5.98. The van der Waals surface area contributed by atoms with Gasteiger partial charge >= 0.3 is 0 Å². The van der Waals surface area contributed by atoms with Crippen LogP contribution >= 0.6 is 0 Å². The van der Waals surface area contributed by atoms with Crippen molar-refractivity contribution in [3.63, 3.8) is 0 Å². The summed E-state index contributed by atoms with van der Waals surface area (Å²) >= 11 is 0. The lowest BCUT2D eigenvalue weighted by molar-refractivity contribution is 0.0759. The molecule has 0 aliphatic carbocycles. The Morgan fingerprint density at radius 1 is 1.24 bits per heavy atom. The van der Waals surface area contributed by atoms with Gasteiger partial charge in [-0.05, 0) is 6.42 Å². The molecule has 1 heterocycles. The molecular weight excluding hydrogens is 218 g/mol. The Kier molecular flexibility index (Phi) is 7.25. The Morgan fingerprint density at radius 3 is 2.88 bits per heavy atom. The quantitative estimate of drug-likeness (QED) is 0.662. The molecule has 0 spiro atoms. The van der Waals surface area contributed by atoms with Gasteiger partial charge in [0.2, 0.25) is 0 Å². The van der Waals surface area contributed by atoms with Gasteiger partial charge in [-0.15, -0.1) is 0 Å². The van der Waals surface area contributed by atoms with Gasteiger partial charge in [0.15, 0.2) is 0 Å². The minimum atomic E-state index is 0.628. The largest absolute Gasteiger partial charge is 0.382 e. The Bertz CT molecular complexity index is 308. The maximum atomic E-state index is 5.34. The summed E-state index contributed by atoms with van der Waals surface area (Å²) in [5.41, 5.74) is 1.07. The average Bonchev–Trinajstić information content (AvgIpc) is 2.35. The van der Waals surface area contributed by atoms with Crippen LogP contribution < -0.4 is 5.32 Å². The van der Waals surface area contributed by atoms with Gasteiger partial charge in [0, 0.05) is 25.4 Å². The molecule has 0 aromatic carbocycles. The van der Waals surface area contributed by atoms with E-state index in [2.05, 4.69) is 22.2 Å². The van der Waals surface area contributed by atoms with Crippen molar-refractivity contribution >= 4 is 5.82 Å². The van der Waals surface area contributed by atoms with E-state index >= 15 is 0 Å². The zero-order valence-corrected chi connectivity index (χ0v) is 10.6. The molecule has 0 bridgehead atoms. The van der Waals surface area contributed by atoms with Gasteiger partial charge in [-0.3, -0.25) is 0 Å². The van der Waals surface area contributed by atoms with Crippen LogP contribution in [0.4, 0.5) is 5.82 Å². The molecule has 1 aromatic rings. The molecule has 0 radical (unpaired) electrons. The number of hydrogen-bond acceptors (Lipinski definition) is 5. The lowest BCUT2D eigenvalue weighted by Gasteiger charge is -2.07. The maximum Gasteiger partial charge on any atom is 0.129 e. The van der Waals surface area contributed by atoms with Gasteiger partial charge in [0.1, 0.15) is 12.1 Å². The molecule has 1 rings (SSSR count). The normalized spacial score (nSPS) is 10.5. The van der Waals surface area contributed by atoms with Crippen molar-refractivity contribution in [1.29, 1.82) is 0 Å². The standard InChI is InChI=1S/C12H21N3O2/c1-3-4-11-9-12(15-10-14-11)13-5-6-17-8-7-16-2/h9-10H,3-8H2,1-2H3,(H,13,14,15). The van der Waals surface area contributed by atoms with Gasteiger partial charge in [0.05, 0.1) is 19.8 Å². The molecule has 0 amide bonds. The Balaban J connectivity index is 2.19. The first-order chi connectivity index (χ1) is 8.36. The van der Waals surface area contributed by atoms with Gasteiger partial charge < -0.3 is 14.8 Å². The summed E-state index contributed by atoms with van der Waals surface area (Å²) in [7, 11) is 1.66. The summed E-state index contributed by atoms with van der Waals surface area (Å²) in [4.78, 5) is 8.35. The smallest absolute Gasteiger partial charge is 0.129 e. The van der Waals surface area contributed by atoms with E-state index in [1.807, 2.05) is 6.07 Å². The predicted molar refractivity (Wildman–Crippen MR) is 67.2 cm³/mol. The van der Waals surface area contributed by atoms with Crippen molar-refractivity contribution in [3.05, 3.63) is 18.1 Å². The second-order valence-corrected chi connectivity index (χ2v) is 3.68. The number of hydrogen-bond donors (Lipinski definition) is 1. The zero-order chi connectivity index (χ0) is 12.3. The van der Waals surface area contributed by atoms with Gasteiger partial charge in [0.25, 0.3) is 0 Å². The molecule has 0 saturated heterocycles. The molecule has 0 atom stereocenters. The third-order valence-electron chi connectivity index (χ3n) is 2.21. The third-order valence-corrected chi connectivity index (χ3v) is 2.21. The summed E-state index contributed by atoms with van der Waals surface area (Å²) in [6, 6.07) is 1.98. The summed E-state index contributed by atoms with van der Waals surface area (Å²) in [6.45, 7) is 4.79. The topological polar surface area (TPSA) is 56.3 Å². The monoisotopic (exact) mass is 239 g/mol.